The van der Waals surface area contributed by atoms with Crippen LogP contribution in [-0.2, 0) is 16.1 Å². The third-order valence-corrected chi connectivity index (χ3v) is 4.33. The van der Waals surface area contributed by atoms with Gasteiger partial charge < -0.3 is 18.7 Å². The summed E-state index contributed by atoms with van der Waals surface area (Å²) in [5.74, 6) is 1.29. The molecule has 0 aliphatic heterocycles. The van der Waals surface area contributed by atoms with Crippen molar-refractivity contribution in [2.24, 2.45) is 0 Å². The third kappa shape index (κ3) is 4.57. The lowest BCUT2D eigenvalue weighted by atomic mass is 10.1. The van der Waals surface area contributed by atoms with Gasteiger partial charge in [-0.15, -0.1) is 0 Å². The largest absolute Gasteiger partial charge is 0.493 e. The van der Waals surface area contributed by atoms with Gasteiger partial charge in [-0.05, 0) is 42.0 Å². The molecule has 0 fully saturated rings. The van der Waals surface area contributed by atoms with E-state index in [1.807, 2.05) is 73.7 Å². The minimum Gasteiger partial charge on any atom is -0.493 e. The number of esters is 1. The fourth-order valence-electron chi connectivity index (χ4n) is 2.94. The third-order valence-electron chi connectivity index (χ3n) is 4.33. The van der Waals surface area contributed by atoms with Crippen LogP contribution in [0.3, 0.4) is 0 Å². The highest BCUT2D eigenvalue weighted by Gasteiger charge is 2.15. The summed E-state index contributed by atoms with van der Waals surface area (Å²) in [7, 11) is 0. The first-order valence-electron chi connectivity index (χ1n) is 9.55. The van der Waals surface area contributed by atoms with E-state index in [2.05, 4.69) is 10.1 Å². The molecule has 4 rings (SSSR count). The fourth-order valence-corrected chi connectivity index (χ4v) is 2.94. The number of hydrogen-bond acceptors (Lipinski definition) is 7. The summed E-state index contributed by atoms with van der Waals surface area (Å²) in [5.41, 5.74) is 0.709. The number of rotatable bonds is 8. The summed E-state index contributed by atoms with van der Waals surface area (Å²) in [6, 6.07) is 20.9. The number of para-hydroxylation sites is 1. The van der Waals surface area contributed by atoms with E-state index in [4.69, 9.17) is 18.7 Å². The molecular formula is C23H20N2O5. The summed E-state index contributed by atoms with van der Waals surface area (Å²) in [6.07, 6.45) is 0. The maximum atomic E-state index is 12.0. The van der Waals surface area contributed by atoms with Crippen LogP contribution in [0.4, 0.5) is 0 Å². The van der Waals surface area contributed by atoms with Crippen LogP contribution >= 0.6 is 0 Å². The molecule has 0 saturated carbocycles. The predicted molar refractivity (Wildman–Crippen MR) is 110 cm³/mol. The zero-order valence-electron chi connectivity index (χ0n) is 16.4. The molecule has 30 heavy (non-hydrogen) atoms. The van der Waals surface area contributed by atoms with Gasteiger partial charge in [-0.2, -0.15) is 4.98 Å². The Bertz CT molecular complexity index is 1160. The van der Waals surface area contributed by atoms with Crippen molar-refractivity contribution in [1.29, 1.82) is 0 Å². The number of carbonyl (C=O) groups is 1. The first-order chi connectivity index (χ1) is 14.7. The van der Waals surface area contributed by atoms with E-state index in [9.17, 15) is 4.79 Å². The smallest absolute Gasteiger partial charge is 0.344 e. The Balaban J connectivity index is 1.32. The molecule has 0 unspecified atom stereocenters. The van der Waals surface area contributed by atoms with Gasteiger partial charge in [0.1, 0.15) is 11.5 Å². The average Bonchev–Trinajstić information content (AvgIpc) is 3.25. The van der Waals surface area contributed by atoms with Crippen LogP contribution < -0.4 is 9.47 Å². The summed E-state index contributed by atoms with van der Waals surface area (Å²) in [4.78, 5) is 16.3. The van der Waals surface area contributed by atoms with Gasteiger partial charge >= 0.3 is 5.97 Å². The van der Waals surface area contributed by atoms with E-state index in [-0.39, 0.29) is 19.1 Å². The highest BCUT2D eigenvalue weighted by molar-refractivity contribution is 5.83. The van der Waals surface area contributed by atoms with Gasteiger partial charge in [0.2, 0.25) is 5.82 Å². The lowest BCUT2D eigenvalue weighted by Gasteiger charge is -2.07. The molecule has 7 nitrogen and oxygen atoms in total. The molecule has 0 saturated heterocycles. The molecule has 152 valence electrons. The molecule has 1 aromatic heterocycles. The summed E-state index contributed by atoms with van der Waals surface area (Å²) >= 11 is 0. The standard InChI is InChI=1S/C23H20N2O5/c1-2-27-20-10-6-5-9-19(20)23-24-21(30-25-23)14-29-22(26)15-28-18-12-11-16-7-3-4-8-17(16)13-18/h3-13H,2,14-15H2,1H3. The molecule has 0 bridgehead atoms. The van der Waals surface area contributed by atoms with Gasteiger partial charge in [-0.25, -0.2) is 4.79 Å². The van der Waals surface area contributed by atoms with E-state index >= 15 is 0 Å². The Morgan fingerprint density at radius 3 is 2.63 bits per heavy atom. The second kappa shape index (κ2) is 9.09. The zero-order valence-corrected chi connectivity index (χ0v) is 16.4. The molecule has 0 spiro atoms. The number of fused-ring (bicyclic) bond motifs is 1. The van der Waals surface area contributed by atoms with Crippen molar-refractivity contribution in [1.82, 2.24) is 10.1 Å². The maximum absolute atomic E-state index is 12.0. The molecule has 0 aliphatic rings. The van der Waals surface area contributed by atoms with Crippen LogP contribution in [0.25, 0.3) is 22.2 Å². The summed E-state index contributed by atoms with van der Waals surface area (Å²) in [5, 5.41) is 6.08. The molecule has 3 aromatic carbocycles. The second-order valence-corrected chi connectivity index (χ2v) is 6.40. The molecule has 0 radical (unpaired) electrons. The molecular weight excluding hydrogens is 384 g/mol. The molecule has 0 amide bonds. The summed E-state index contributed by atoms with van der Waals surface area (Å²) in [6.45, 7) is 2.07. The number of benzene rings is 3. The monoisotopic (exact) mass is 404 g/mol. The SMILES string of the molecule is CCOc1ccccc1-c1noc(COC(=O)COc2ccc3ccccc3c2)n1. The van der Waals surface area contributed by atoms with Gasteiger partial charge in [0, 0.05) is 0 Å². The highest BCUT2D eigenvalue weighted by Crippen LogP contribution is 2.27. The van der Waals surface area contributed by atoms with Crippen molar-refractivity contribution in [3.63, 3.8) is 0 Å². The number of aromatic nitrogens is 2. The first kappa shape index (κ1) is 19.4. The molecule has 1 heterocycles. The van der Waals surface area contributed by atoms with Gasteiger partial charge in [-0.1, -0.05) is 47.6 Å². The van der Waals surface area contributed by atoms with Crippen LogP contribution in [0, 0.1) is 0 Å². The van der Waals surface area contributed by atoms with Gasteiger partial charge in [-0.3, -0.25) is 0 Å². The molecule has 0 N–H and O–H groups in total. The minimum absolute atomic E-state index is 0.135. The Labute approximate surface area is 173 Å². The summed E-state index contributed by atoms with van der Waals surface area (Å²) < 4.78 is 21.5. The maximum Gasteiger partial charge on any atom is 0.344 e. The number of carbonyl (C=O) groups excluding carboxylic acids is 1. The Morgan fingerprint density at radius 2 is 1.77 bits per heavy atom. The average molecular weight is 404 g/mol. The lowest BCUT2D eigenvalue weighted by Crippen LogP contribution is -2.14. The van der Waals surface area contributed by atoms with Crippen LogP contribution in [0.2, 0.25) is 0 Å². The topological polar surface area (TPSA) is 83.7 Å². The van der Waals surface area contributed by atoms with Crippen molar-refractivity contribution >= 4 is 16.7 Å². The Hall–Kier alpha value is -3.87. The Morgan fingerprint density at radius 1 is 0.967 bits per heavy atom. The molecule has 4 aromatic rings. The van der Waals surface area contributed by atoms with E-state index in [1.165, 1.54) is 0 Å². The predicted octanol–water partition coefficient (Wildman–Crippen LogP) is 4.41. The van der Waals surface area contributed by atoms with Crippen molar-refractivity contribution in [3.8, 4) is 22.9 Å². The lowest BCUT2D eigenvalue weighted by molar-refractivity contribution is -0.148. The van der Waals surface area contributed by atoms with Crippen molar-refractivity contribution in [2.75, 3.05) is 13.2 Å². The molecule has 7 heteroatoms. The fraction of sp³-hybridized carbons (Fsp3) is 0.174. The number of ether oxygens (including phenoxy) is 3. The van der Waals surface area contributed by atoms with Crippen LogP contribution in [0.1, 0.15) is 12.8 Å². The van der Waals surface area contributed by atoms with E-state index < -0.39 is 5.97 Å². The van der Waals surface area contributed by atoms with Gasteiger partial charge in [0.25, 0.3) is 5.89 Å². The molecule has 0 aliphatic carbocycles. The van der Waals surface area contributed by atoms with Crippen molar-refractivity contribution in [2.45, 2.75) is 13.5 Å². The van der Waals surface area contributed by atoms with Gasteiger partial charge in [0.05, 0.1) is 12.2 Å². The van der Waals surface area contributed by atoms with Crippen LogP contribution in [0.15, 0.2) is 71.3 Å². The first-order valence-corrected chi connectivity index (χ1v) is 9.55. The van der Waals surface area contributed by atoms with Crippen LogP contribution in [-0.4, -0.2) is 29.3 Å². The molecule has 0 atom stereocenters. The zero-order chi connectivity index (χ0) is 20.8. The normalized spacial score (nSPS) is 10.7. The van der Waals surface area contributed by atoms with E-state index in [0.717, 1.165) is 10.8 Å². The van der Waals surface area contributed by atoms with Gasteiger partial charge in [0.15, 0.2) is 13.2 Å². The van der Waals surface area contributed by atoms with Crippen molar-refractivity contribution in [3.05, 3.63) is 72.6 Å². The van der Waals surface area contributed by atoms with E-state index in [1.54, 1.807) is 0 Å². The quantitative estimate of drug-likeness (QED) is 0.402. The highest BCUT2D eigenvalue weighted by atomic mass is 16.6. The van der Waals surface area contributed by atoms with Crippen LogP contribution in [0.5, 0.6) is 11.5 Å². The van der Waals surface area contributed by atoms with E-state index in [0.29, 0.717) is 29.5 Å². The minimum atomic E-state index is -0.530. The second-order valence-electron chi connectivity index (χ2n) is 6.40. The van der Waals surface area contributed by atoms with Crippen molar-refractivity contribution < 1.29 is 23.5 Å². The number of hydrogen-bond donors (Lipinski definition) is 0. The number of nitrogens with zero attached hydrogens (tertiary/aromatic N) is 2. The Kier molecular flexibility index (Phi) is 5.89.